The Balaban J connectivity index is 2.14. The lowest BCUT2D eigenvalue weighted by molar-refractivity contribution is 0.0898. The predicted octanol–water partition coefficient (Wildman–Crippen LogP) is 2.26. The van der Waals surface area contributed by atoms with E-state index in [9.17, 15) is 21.0 Å². The lowest BCUT2D eigenvalue weighted by atomic mass is 9.54. The van der Waals surface area contributed by atoms with Crippen LogP contribution < -0.4 is 0 Å². The number of rotatable bonds is 0. The first-order chi connectivity index (χ1) is 10.2. The molecule has 2 heterocycles. The first-order valence-corrected chi connectivity index (χ1v) is 6.86. The molecule has 3 aliphatic rings. The summed E-state index contributed by atoms with van der Waals surface area (Å²) in [6.45, 7) is 0. The second kappa shape index (κ2) is 4.46. The van der Waals surface area contributed by atoms with Crippen LogP contribution in [0.15, 0.2) is 23.3 Å². The molecule has 0 saturated carbocycles. The first-order valence-electron chi connectivity index (χ1n) is 6.86. The molecule has 3 rings (SSSR count). The van der Waals surface area contributed by atoms with Crippen LogP contribution in [-0.4, -0.2) is 12.2 Å². The molecule has 0 aromatic carbocycles. The second-order valence-corrected chi connectivity index (χ2v) is 5.71. The lowest BCUT2D eigenvalue weighted by Crippen LogP contribution is -2.47. The summed E-state index contributed by atoms with van der Waals surface area (Å²) in [4.78, 5) is 0. The van der Waals surface area contributed by atoms with Crippen molar-refractivity contribution in [3.8, 4) is 24.3 Å². The van der Waals surface area contributed by atoms with E-state index in [1.54, 1.807) is 0 Å². The van der Waals surface area contributed by atoms with Crippen molar-refractivity contribution in [3.05, 3.63) is 23.3 Å². The summed E-state index contributed by atoms with van der Waals surface area (Å²) in [7, 11) is 0. The van der Waals surface area contributed by atoms with Crippen molar-refractivity contribution >= 4 is 0 Å². The minimum absolute atomic E-state index is 0.344. The molecule has 0 spiro atoms. The highest BCUT2D eigenvalue weighted by Gasteiger charge is 2.68. The Bertz CT molecular complexity index is 663. The summed E-state index contributed by atoms with van der Waals surface area (Å²) in [6.07, 6.45) is 4.35. The fourth-order valence-electron chi connectivity index (χ4n) is 3.88. The van der Waals surface area contributed by atoms with Gasteiger partial charge in [0.2, 0.25) is 0 Å². The van der Waals surface area contributed by atoms with Crippen molar-refractivity contribution in [2.24, 2.45) is 10.8 Å². The first kappa shape index (κ1) is 13.4. The molecule has 1 fully saturated rings. The molecule has 2 aliphatic heterocycles. The summed E-state index contributed by atoms with van der Waals surface area (Å²) in [5.74, 6) is 0. The molecule has 4 atom stereocenters. The van der Waals surface area contributed by atoms with E-state index in [0.717, 1.165) is 0 Å². The molecule has 1 saturated heterocycles. The molecule has 0 unspecified atom stereocenters. The SMILES string of the molecule is N#C/C1=C(/C#N)CC[C@@]2(C#N)[C@@H]3C=C[C@H](O3)[C@]2(C#N)CC1. The van der Waals surface area contributed by atoms with Crippen molar-refractivity contribution < 1.29 is 4.74 Å². The third kappa shape index (κ3) is 1.45. The van der Waals surface area contributed by atoms with Gasteiger partial charge < -0.3 is 4.74 Å². The number of fused-ring (bicyclic) bond motifs is 5. The summed E-state index contributed by atoms with van der Waals surface area (Å²) in [5.41, 5.74) is -0.982. The number of nitriles is 4. The molecule has 0 radical (unpaired) electrons. The van der Waals surface area contributed by atoms with Crippen molar-refractivity contribution in [3.63, 3.8) is 0 Å². The van der Waals surface area contributed by atoms with Gasteiger partial charge in [-0.25, -0.2) is 0 Å². The van der Waals surface area contributed by atoms with Crippen LogP contribution >= 0.6 is 0 Å². The average Bonchev–Trinajstić information content (AvgIpc) is 3.07. The predicted molar refractivity (Wildman–Crippen MR) is 70.6 cm³/mol. The topological polar surface area (TPSA) is 104 Å². The Morgan fingerprint density at radius 1 is 0.857 bits per heavy atom. The van der Waals surface area contributed by atoms with Gasteiger partial charge in [-0.3, -0.25) is 0 Å². The van der Waals surface area contributed by atoms with Crippen LogP contribution in [0.3, 0.4) is 0 Å². The lowest BCUT2D eigenvalue weighted by Gasteiger charge is -2.41. The zero-order chi connectivity index (χ0) is 15.1. The monoisotopic (exact) mass is 276 g/mol. The normalized spacial score (nSPS) is 43.6. The van der Waals surface area contributed by atoms with Crippen molar-refractivity contribution in [2.45, 2.75) is 37.9 Å². The Morgan fingerprint density at radius 3 is 1.62 bits per heavy atom. The smallest absolute Gasteiger partial charge is 0.109 e. The van der Waals surface area contributed by atoms with Gasteiger partial charge in [-0.2, -0.15) is 21.0 Å². The number of allylic oxidation sites excluding steroid dienone is 2. The molecule has 21 heavy (non-hydrogen) atoms. The number of ether oxygens (including phenoxy) is 1. The van der Waals surface area contributed by atoms with E-state index in [0.29, 0.717) is 36.8 Å². The molecule has 0 amide bonds. The zero-order valence-electron chi connectivity index (χ0n) is 11.3. The summed E-state index contributed by atoms with van der Waals surface area (Å²) < 4.78 is 5.82. The summed E-state index contributed by atoms with van der Waals surface area (Å²) in [5, 5.41) is 38.0. The van der Waals surface area contributed by atoms with Crippen LogP contribution in [0.25, 0.3) is 0 Å². The third-order valence-electron chi connectivity index (χ3n) is 5.09. The van der Waals surface area contributed by atoms with Gasteiger partial charge in [0.15, 0.2) is 0 Å². The average molecular weight is 276 g/mol. The van der Waals surface area contributed by atoms with E-state index < -0.39 is 23.0 Å². The molecule has 0 N–H and O–H groups in total. The molecule has 5 heteroatoms. The molecule has 102 valence electrons. The van der Waals surface area contributed by atoms with Gasteiger partial charge in [-0.15, -0.1) is 0 Å². The number of hydrogen-bond donors (Lipinski definition) is 0. The van der Waals surface area contributed by atoms with Gasteiger partial charge in [-0.05, 0) is 25.7 Å². The zero-order valence-corrected chi connectivity index (χ0v) is 11.3. The van der Waals surface area contributed by atoms with Gasteiger partial charge in [0.25, 0.3) is 0 Å². The Labute approximate surface area is 123 Å². The van der Waals surface area contributed by atoms with E-state index in [4.69, 9.17) is 4.74 Å². The molecular weight excluding hydrogens is 264 g/mol. The number of hydrogen-bond acceptors (Lipinski definition) is 5. The molecular formula is C16H12N4O. The third-order valence-corrected chi connectivity index (χ3v) is 5.09. The maximum atomic E-state index is 9.79. The fraction of sp³-hybridized carbons (Fsp3) is 0.500. The van der Waals surface area contributed by atoms with E-state index in [2.05, 4.69) is 24.3 Å². The van der Waals surface area contributed by atoms with Gasteiger partial charge in [-0.1, -0.05) is 12.2 Å². The second-order valence-electron chi connectivity index (χ2n) is 5.71. The highest BCUT2D eigenvalue weighted by atomic mass is 16.5. The molecule has 1 aliphatic carbocycles. The maximum Gasteiger partial charge on any atom is 0.109 e. The van der Waals surface area contributed by atoms with Crippen molar-refractivity contribution in [1.82, 2.24) is 0 Å². The molecule has 0 aromatic rings. The van der Waals surface area contributed by atoms with Gasteiger partial charge in [0, 0.05) is 11.1 Å². The van der Waals surface area contributed by atoms with Gasteiger partial charge in [0.05, 0.1) is 36.5 Å². The molecule has 2 bridgehead atoms. The Morgan fingerprint density at radius 2 is 1.29 bits per heavy atom. The van der Waals surface area contributed by atoms with E-state index in [-0.39, 0.29) is 0 Å². The summed E-state index contributed by atoms with van der Waals surface area (Å²) >= 11 is 0. The quantitative estimate of drug-likeness (QED) is 0.631. The highest BCUT2D eigenvalue weighted by molar-refractivity contribution is 5.43. The standard InChI is InChI=1S/C16H12N4O/c17-7-11-3-5-15(9-19)13-1-2-14(21-13)16(15,10-20)6-4-12(11)8-18/h1-2,13-14H,3-6H2/b12-11+/t13-,14-,15+,16+/m0/s1. The van der Waals surface area contributed by atoms with Crippen molar-refractivity contribution in [2.75, 3.05) is 0 Å². The Kier molecular flexibility index (Phi) is 2.84. The van der Waals surface area contributed by atoms with Crippen LogP contribution in [0.1, 0.15) is 25.7 Å². The van der Waals surface area contributed by atoms with Crippen molar-refractivity contribution in [1.29, 1.82) is 21.0 Å². The summed E-state index contributed by atoms with van der Waals surface area (Å²) in [6, 6.07) is 8.82. The van der Waals surface area contributed by atoms with E-state index in [1.165, 1.54) is 0 Å². The molecule has 0 aromatic heterocycles. The maximum absolute atomic E-state index is 9.79. The minimum Gasteiger partial charge on any atom is -0.363 e. The highest BCUT2D eigenvalue weighted by Crippen LogP contribution is 2.62. The van der Waals surface area contributed by atoms with Crippen LogP contribution in [0.5, 0.6) is 0 Å². The van der Waals surface area contributed by atoms with Crippen LogP contribution in [0, 0.1) is 56.2 Å². The fourth-order valence-corrected chi connectivity index (χ4v) is 3.88. The van der Waals surface area contributed by atoms with E-state index >= 15 is 0 Å². The minimum atomic E-state index is -0.926. The largest absolute Gasteiger partial charge is 0.363 e. The Hall–Kier alpha value is -2.60. The van der Waals surface area contributed by atoms with Gasteiger partial charge in [0.1, 0.15) is 10.8 Å². The van der Waals surface area contributed by atoms with Crippen LogP contribution in [0.2, 0.25) is 0 Å². The van der Waals surface area contributed by atoms with Gasteiger partial charge >= 0.3 is 0 Å². The van der Waals surface area contributed by atoms with Crippen LogP contribution in [0.4, 0.5) is 0 Å². The van der Waals surface area contributed by atoms with E-state index in [1.807, 2.05) is 12.2 Å². The van der Waals surface area contributed by atoms with Crippen LogP contribution in [-0.2, 0) is 4.74 Å². The molecule has 5 nitrogen and oxygen atoms in total. The number of nitrogens with zero attached hydrogens (tertiary/aromatic N) is 4.